The summed E-state index contributed by atoms with van der Waals surface area (Å²) >= 11 is 5.76. The van der Waals surface area contributed by atoms with Crippen molar-refractivity contribution < 1.29 is 0 Å². The molecule has 4 aromatic carbocycles. The third kappa shape index (κ3) is 3.67. The Balaban J connectivity index is 1.58. The van der Waals surface area contributed by atoms with Crippen LogP contribution < -0.4 is 0 Å². The lowest BCUT2D eigenvalue weighted by Gasteiger charge is -2.10. The van der Waals surface area contributed by atoms with Gasteiger partial charge in [-0.25, -0.2) is 0 Å². The molecule has 0 saturated carbocycles. The standard InChI is InChI=1S/C27H22S/c1-19-7-3-5-9-25(19)21-11-15-23(16-12-21)27(28)24-17-13-22(14-18-24)26-10-6-4-8-20(26)2/h3-18H,1-2H3. The molecule has 4 rings (SSSR count). The van der Waals surface area contributed by atoms with E-state index in [4.69, 9.17) is 12.2 Å². The van der Waals surface area contributed by atoms with Gasteiger partial charge in [0.05, 0.1) is 4.86 Å². The van der Waals surface area contributed by atoms with Crippen LogP contribution in [0.15, 0.2) is 97.1 Å². The summed E-state index contributed by atoms with van der Waals surface area (Å²) in [6, 6.07) is 34.0. The van der Waals surface area contributed by atoms with Crippen molar-refractivity contribution in [1.82, 2.24) is 0 Å². The molecule has 136 valence electrons. The van der Waals surface area contributed by atoms with Crippen LogP contribution in [0.3, 0.4) is 0 Å². The van der Waals surface area contributed by atoms with E-state index in [0.29, 0.717) is 0 Å². The summed E-state index contributed by atoms with van der Waals surface area (Å²) in [5.74, 6) is 0. The minimum Gasteiger partial charge on any atom is -0.0788 e. The van der Waals surface area contributed by atoms with Crippen LogP contribution in [0.1, 0.15) is 22.3 Å². The SMILES string of the molecule is Cc1ccccc1-c1ccc(C(=S)c2ccc(-c3ccccc3C)cc2)cc1. The Morgan fingerprint density at radius 1 is 0.500 bits per heavy atom. The number of aryl methyl sites for hydroxylation is 2. The molecule has 0 unspecified atom stereocenters. The molecule has 0 aromatic heterocycles. The highest BCUT2D eigenvalue weighted by Gasteiger charge is 2.08. The molecule has 0 heterocycles. The highest BCUT2D eigenvalue weighted by molar-refractivity contribution is 7.81. The number of hydrogen-bond acceptors (Lipinski definition) is 1. The predicted molar refractivity (Wildman–Crippen MR) is 124 cm³/mol. The van der Waals surface area contributed by atoms with Crippen LogP contribution in [0, 0.1) is 13.8 Å². The molecule has 0 aliphatic carbocycles. The second kappa shape index (κ2) is 7.92. The molecular weight excluding hydrogens is 356 g/mol. The molecule has 0 bridgehead atoms. The third-order valence-corrected chi connectivity index (χ3v) is 5.68. The van der Waals surface area contributed by atoms with E-state index in [1.165, 1.54) is 33.4 Å². The van der Waals surface area contributed by atoms with E-state index in [9.17, 15) is 0 Å². The van der Waals surface area contributed by atoms with Gasteiger partial charge in [-0.3, -0.25) is 0 Å². The van der Waals surface area contributed by atoms with E-state index in [-0.39, 0.29) is 0 Å². The highest BCUT2D eigenvalue weighted by atomic mass is 32.1. The molecule has 0 radical (unpaired) electrons. The first kappa shape index (κ1) is 18.3. The summed E-state index contributed by atoms with van der Waals surface area (Å²) in [5.41, 5.74) is 9.70. The van der Waals surface area contributed by atoms with Crippen LogP contribution >= 0.6 is 12.2 Å². The fraction of sp³-hybridized carbons (Fsp3) is 0.0741. The van der Waals surface area contributed by atoms with Crippen molar-refractivity contribution in [1.29, 1.82) is 0 Å². The highest BCUT2D eigenvalue weighted by Crippen LogP contribution is 2.26. The Hall–Kier alpha value is -3.03. The van der Waals surface area contributed by atoms with Gasteiger partial charge in [0.15, 0.2) is 0 Å². The summed E-state index contributed by atoms with van der Waals surface area (Å²) in [6.07, 6.45) is 0. The molecule has 0 aliphatic rings. The van der Waals surface area contributed by atoms with E-state index in [2.05, 4.69) is 111 Å². The molecule has 0 amide bonds. The Labute approximate surface area is 172 Å². The predicted octanol–water partition coefficient (Wildman–Crippen LogP) is 7.40. The zero-order valence-corrected chi connectivity index (χ0v) is 17.0. The molecular formula is C27H22S. The molecule has 28 heavy (non-hydrogen) atoms. The van der Waals surface area contributed by atoms with E-state index < -0.39 is 0 Å². The summed E-state index contributed by atoms with van der Waals surface area (Å²) in [4.78, 5) is 0.882. The molecule has 0 saturated heterocycles. The minimum atomic E-state index is 0.882. The molecule has 4 aromatic rings. The quantitative estimate of drug-likeness (QED) is 0.263. The normalized spacial score (nSPS) is 10.6. The van der Waals surface area contributed by atoms with Crippen molar-refractivity contribution in [2.24, 2.45) is 0 Å². The van der Waals surface area contributed by atoms with Crippen LogP contribution in [0.4, 0.5) is 0 Å². The van der Waals surface area contributed by atoms with Gasteiger partial charge in [-0.2, -0.15) is 0 Å². The Kier molecular flexibility index (Phi) is 5.18. The zero-order chi connectivity index (χ0) is 19.5. The summed E-state index contributed by atoms with van der Waals surface area (Å²) < 4.78 is 0. The maximum atomic E-state index is 5.76. The maximum Gasteiger partial charge on any atom is 0.0521 e. The van der Waals surface area contributed by atoms with E-state index in [1.54, 1.807) is 0 Å². The van der Waals surface area contributed by atoms with Crippen LogP contribution in [-0.4, -0.2) is 4.86 Å². The second-order valence-corrected chi connectivity index (χ2v) is 7.52. The van der Waals surface area contributed by atoms with Crippen molar-refractivity contribution in [3.63, 3.8) is 0 Å². The van der Waals surface area contributed by atoms with Crippen molar-refractivity contribution in [2.45, 2.75) is 13.8 Å². The number of rotatable bonds is 4. The first-order valence-corrected chi connectivity index (χ1v) is 9.91. The fourth-order valence-electron chi connectivity index (χ4n) is 3.56. The molecule has 0 fully saturated rings. The molecule has 0 N–H and O–H groups in total. The van der Waals surface area contributed by atoms with Gasteiger partial charge in [-0.05, 0) is 58.4 Å². The van der Waals surface area contributed by atoms with Crippen molar-refractivity contribution in [3.05, 3.63) is 119 Å². The van der Waals surface area contributed by atoms with Crippen molar-refractivity contribution >= 4 is 17.1 Å². The molecule has 0 spiro atoms. The molecule has 1 heteroatoms. The first-order valence-electron chi connectivity index (χ1n) is 9.50. The van der Waals surface area contributed by atoms with Gasteiger partial charge in [0.25, 0.3) is 0 Å². The minimum absolute atomic E-state index is 0.882. The summed E-state index contributed by atoms with van der Waals surface area (Å²) in [7, 11) is 0. The van der Waals surface area contributed by atoms with Gasteiger partial charge in [0.2, 0.25) is 0 Å². The summed E-state index contributed by atoms with van der Waals surface area (Å²) in [5, 5.41) is 0. The smallest absolute Gasteiger partial charge is 0.0521 e. The Morgan fingerprint density at radius 2 is 0.857 bits per heavy atom. The lowest BCUT2D eigenvalue weighted by molar-refractivity contribution is 1.45. The topological polar surface area (TPSA) is 0 Å². The molecule has 0 nitrogen and oxygen atoms in total. The average Bonchev–Trinajstić information content (AvgIpc) is 2.74. The number of hydrogen-bond donors (Lipinski definition) is 0. The van der Waals surface area contributed by atoms with E-state index in [1.807, 2.05) is 0 Å². The Morgan fingerprint density at radius 3 is 1.21 bits per heavy atom. The zero-order valence-electron chi connectivity index (χ0n) is 16.1. The number of thiocarbonyl (C=S) groups is 1. The Bertz CT molecular complexity index is 1030. The van der Waals surface area contributed by atoms with Crippen LogP contribution in [0.2, 0.25) is 0 Å². The average molecular weight is 379 g/mol. The van der Waals surface area contributed by atoms with Gasteiger partial charge < -0.3 is 0 Å². The summed E-state index contributed by atoms with van der Waals surface area (Å²) in [6.45, 7) is 4.29. The van der Waals surface area contributed by atoms with Gasteiger partial charge in [-0.15, -0.1) is 0 Å². The monoisotopic (exact) mass is 378 g/mol. The first-order chi connectivity index (χ1) is 13.6. The second-order valence-electron chi connectivity index (χ2n) is 7.11. The maximum absolute atomic E-state index is 5.76. The van der Waals surface area contributed by atoms with E-state index >= 15 is 0 Å². The lowest BCUT2D eigenvalue weighted by Crippen LogP contribution is -1.99. The largest absolute Gasteiger partial charge is 0.0788 e. The molecule has 0 aliphatic heterocycles. The van der Waals surface area contributed by atoms with Crippen molar-refractivity contribution in [3.8, 4) is 22.3 Å². The van der Waals surface area contributed by atoms with Crippen LogP contribution in [-0.2, 0) is 0 Å². The fourth-order valence-corrected chi connectivity index (χ4v) is 3.83. The number of benzene rings is 4. The van der Waals surface area contributed by atoms with Gasteiger partial charge >= 0.3 is 0 Å². The van der Waals surface area contributed by atoms with Crippen molar-refractivity contribution in [2.75, 3.05) is 0 Å². The van der Waals surface area contributed by atoms with Crippen LogP contribution in [0.25, 0.3) is 22.3 Å². The van der Waals surface area contributed by atoms with Gasteiger partial charge in [0.1, 0.15) is 0 Å². The van der Waals surface area contributed by atoms with Crippen LogP contribution in [0.5, 0.6) is 0 Å². The van der Waals surface area contributed by atoms with Gasteiger partial charge in [0, 0.05) is 0 Å². The third-order valence-electron chi connectivity index (χ3n) is 5.21. The van der Waals surface area contributed by atoms with E-state index in [0.717, 1.165) is 16.0 Å². The van der Waals surface area contributed by atoms with Gasteiger partial charge in [-0.1, -0.05) is 109 Å². The molecule has 0 atom stereocenters. The lowest BCUT2D eigenvalue weighted by atomic mass is 9.96.